The molecule has 7 heteroatoms. The fourth-order valence-corrected chi connectivity index (χ4v) is 3.49. The van der Waals surface area contributed by atoms with Crippen LogP contribution in [0.1, 0.15) is 19.3 Å². The fourth-order valence-electron chi connectivity index (χ4n) is 3.33. The Morgan fingerprint density at radius 3 is 2.92 bits per heavy atom. The standard InChI is InChI=1S/C18H26ClFN2O3/c19-13-1-2-18(17(20)9-13)22-6-3-14(11-22)21-10-15(23)12-25-16-4-7-24-8-5-16/h1-2,9,14-16,21,23H,3-8,10-12H2. The molecule has 2 saturated heterocycles. The maximum Gasteiger partial charge on any atom is 0.147 e. The van der Waals surface area contributed by atoms with E-state index < -0.39 is 6.10 Å². The third-order valence-electron chi connectivity index (χ3n) is 4.77. The van der Waals surface area contributed by atoms with Gasteiger partial charge in [0.05, 0.1) is 24.5 Å². The molecular formula is C18H26ClFN2O3. The molecule has 25 heavy (non-hydrogen) atoms. The van der Waals surface area contributed by atoms with E-state index in [-0.39, 0.29) is 18.0 Å². The van der Waals surface area contributed by atoms with Crippen LogP contribution in [0.5, 0.6) is 0 Å². The maximum absolute atomic E-state index is 14.0. The van der Waals surface area contributed by atoms with Crippen molar-refractivity contribution >= 4 is 17.3 Å². The van der Waals surface area contributed by atoms with E-state index in [9.17, 15) is 9.50 Å². The maximum atomic E-state index is 14.0. The van der Waals surface area contributed by atoms with Crippen LogP contribution in [0.15, 0.2) is 18.2 Å². The van der Waals surface area contributed by atoms with Crippen LogP contribution in [-0.2, 0) is 9.47 Å². The molecule has 1 aromatic carbocycles. The predicted molar refractivity (Wildman–Crippen MR) is 95.8 cm³/mol. The Bertz CT molecular complexity index is 557. The van der Waals surface area contributed by atoms with Crippen LogP contribution in [0.3, 0.4) is 0 Å². The first-order valence-corrected chi connectivity index (χ1v) is 9.30. The summed E-state index contributed by atoms with van der Waals surface area (Å²) in [6.07, 6.45) is 2.35. The minimum absolute atomic E-state index is 0.193. The van der Waals surface area contributed by atoms with Crippen LogP contribution in [0, 0.1) is 5.82 Å². The monoisotopic (exact) mass is 372 g/mol. The van der Waals surface area contributed by atoms with E-state index in [2.05, 4.69) is 5.32 Å². The molecule has 0 radical (unpaired) electrons. The van der Waals surface area contributed by atoms with Crippen molar-refractivity contribution in [3.8, 4) is 0 Å². The van der Waals surface area contributed by atoms with Crippen LogP contribution in [0.4, 0.5) is 10.1 Å². The molecule has 2 aliphatic heterocycles. The van der Waals surface area contributed by atoms with Gasteiger partial charge in [0.15, 0.2) is 0 Å². The zero-order valence-electron chi connectivity index (χ0n) is 14.3. The average molecular weight is 373 g/mol. The lowest BCUT2D eigenvalue weighted by atomic mass is 10.1. The Kier molecular flexibility index (Phi) is 6.90. The summed E-state index contributed by atoms with van der Waals surface area (Å²) in [4.78, 5) is 2.01. The summed E-state index contributed by atoms with van der Waals surface area (Å²) in [7, 11) is 0. The molecule has 2 N–H and O–H groups in total. The third-order valence-corrected chi connectivity index (χ3v) is 5.01. The number of nitrogens with zero attached hydrogens (tertiary/aromatic N) is 1. The van der Waals surface area contributed by atoms with E-state index in [0.717, 1.165) is 39.0 Å². The normalized spacial score (nSPS) is 23.2. The zero-order chi connectivity index (χ0) is 17.6. The molecule has 0 amide bonds. The summed E-state index contributed by atoms with van der Waals surface area (Å²) in [5.74, 6) is -0.293. The van der Waals surface area contributed by atoms with Crippen LogP contribution in [-0.4, -0.2) is 62.8 Å². The molecule has 140 valence electrons. The highest BCUT2D eigenvalue weighted by Gasteiger charge is 2.25. The number of aliphatic hydroxyl groups excluding tert-OH is 1. The number of rotatable bonds is 7. The van der Waals surface area contributed by atoms with Gasteiger partial charge in [0.2, 0.25) is 0 Å². The molecule has 2 heterocycles. The molecule has 0 aromatic heterocycles. The van der Waals surface area contributed by atoms with E-state index in [0.29, 0.717) is 30.4 Å². The summed E-state index contributed by atoms with van der Waals surface area (Å²) in [5, 5.41) is 13.9. The first-order chi connectivity index (χ1) is 12.1. The van der Waals surface area contributed by atoms with Gasteiger partial charge in [0.1, 0.15) is 5.82 Å². The largest absolute Gasteiger partial charge is 0.389 e. The van der Waals surface area contributed by atoms with E-state index in [1.807, 2.05) is 4.90 Å². The van der Waals surface area contributed by atoms with Crippen LogP contribution >= 0.6 is 11.6 Å². The Hall–Kier alpha value is -0.920. The first-order valence-electron chi connectivity index (χ1n) is 8.92. The van der Waals surface area contributed by atoms with E-state index in [4.69, 9.17) is 21.1 Å². The van der Waals surface area contributed by atoms with Crippen molar-refractivity contribution in [2.75, 3.05) is 44.4 Å². The number of nitrogens with one attached hydrogen (secondary N) is 1. The van der Waals surface area contributed by atoms with Crippen molar-refractivity contribution in [3.05, 3.63) is 29.0 Å². The van der Waals surface area contributed by atoms with Gasteiger partial charge in [-0.15, -0.1) is 0 Å². The van der Waals surface area contributed by atoms with Crippen LogP contribution in [0.25, 0.3) is 0 Å². The van der Waals surface area contributed by atoms with Crippen molar-refractivity contribution in [1.29, 1.82) is 0 Å². The quantitative estimate of drug-likeness (QED) is 0.768. The zero-order valence-corrected chi connectivity index (χ0v) is 15.1. The van der Waals surface area contributed by atoms with E-state index >= 15 is 0 Å². The first kappa shape index (κ1) is 18.9. The summed E-state index contributed by atoms with van der Waals surface area (Å²) in [6, 6.07) is 5.00. The van der Waals surface area contributed by atoms with E-state index in [1.165, 1.54) is 6.07 Å². The molecule has 0 bridgehead atoms. The van der Waals surface area contributed by atoms with Gasteiger partial charge < -0.3 is 24.8 Å². The molecule has 2 aliphatic rings. The summed E-state index contributed by atoms with van der Waals surface area (Å²) < 4.78 is 25.0. The molecule has 2 fully saturated rings. The summed E-state index contributed by atoms with van der Waals surface area (Å²) >= 11 is 5.81. The lowest BCUT2D eigenvalue weighted by Crippen LogP contribution is -2.40. The fraction of sp³-hybridized carbons (Fsp3) is 0.667. The smallest absolute Gasteiger partial charge is 0.147 e. The highest BCUT2D eigenvalue weighted by atomic mass is 35.5. The highest BCUT2D eigenvalue weighted by molar-refractivity contribution is 6.30. The number of hydrogen-bond acceptors (Lipinski definition) is 5. The van der Waals surface area contributed by atoms with Gasteiger partial charge in [0, 0.05) is 43.9 Å². The van der Waals surface area contributed by atoms with Crippen LogP contribution < -0.4 is 10.2 Å². The van der Waals surface area contributed by atoms with Crippen molar-refractivity contribution < 1.29 is 19.0 Å². The second-order valence-corrected chi connectivity index (χ2v) is 7.17. The minimum Gasteiger partial charge on any atom is -0.389 e. The van der Waals surface area contributed by atoms with Crippen molar-refractivity contribution in [2.24, 2.45) is 0 Å². The van der Waals surface area contributed by atoms with Gasteiger partial charge in [-0.1, -0.05) is 11.6 Å². The number of hydrogen-bond donors (Lipinski definition) is 2. The second kappa shape index (κ2) is 9.14. The lowest BCUT2D eigenvalue weighted by Gasteiger charge is -2.24. The molecule has 5 nitrogen and oxygen atoms in total. The van der Waals surface area contributed by atoms with E-state index in [1.54, 1.807) is 12.1 Å². The Labute approximate surface area is 153 Å². The molecule has 0 saturated carbocycles. The van der Waals surface area contributed by atoms with Gasteiger partial charge in [0.25, 0.3) is 0 Å². The SMILES string of the molecule is OC(CNC1CCN(c2ccc(Cl)cc2F)C1)COC1CCOCC1. The molecule has 1 aromatic rings. The Morgan fingerprint density at radius 2 is 2.16 bits per heavy atom. The number of ether oxygens (including phenoxy) is 2. The van der Waals surface area contributed by atoms with Crippen molar-refractivity contribution in [1.82, 2.24) is 5.32 Å². The van der Waals surface area contributed by atoms with Gasteiger partial charge >= 0.3 is 0 Å². The number of aliphatic hydroxyl groups is 1. The van der Waals surface area contributed by atoms with Gasteiger partial charge in [-0.3, -0.25) is 0 Å². The number of anilines is 1. The lowest BCUT2D eigenvalue weighted by molar-refractivity contribution is -0.0587. The Balaban J connectivity index is 1.37. The van der Waals surface area contributed by atoms with Gasteiger partial charge in [-0.05, 0) is 37.5 Å². The molecule has 0 aliphatic carbocycles. The average Bonchev–Trinajstić information content (AvgIpc) is 3.08. The number of benzene rings is 1. The molecule has 2 atom stereocenters. The van der Waals surface area contributed by atoms with Crippen molar-refractivity contribution in [3.63, 3.8) is 0 Å². The molecule has 2 unspecified atom stereocenters. The van der Waals surface area contributed by atoms with Crippen molar-refractivity contribution in [2.45, 2.75) is 37.5 Å². The highest BCUT2D eigenvalue weighted by Crippen LogP contribution is 2.26. The van der Waals surface area contributed by atoms with Crippen LogP contribution in [0.2, 0.25) is 5.02 Å². The second-order valence-electron chi connectivity index (χ2n) is 6.73. The topological polar surface area (TPSA) is 54.0 Å². The molecular weight excluding hydrogens is 347 g/mol. The van der Waals surface area contributed by atoms with Gasteiger partial charge in [-0.25, -0.2) is 4.39 Å². The predicted octanol–water partition coefficient (Wildman–Crippen LogP) is 2.20. The molecule has 0 spiro atoms. The van der Waals surface area contributed by atoms with Gasteiger partial charge in [-0.2, -0.15) is 0 Å². The third kappa shape index (κ3) is 5.53. The Morgan fingerprint density at radius 1 is 1.36 bits per heavy atom. The summed E-state index contributed by atoms with van der Waals surface area (Å²) in [6.45, 7) is 3.78. The summed E-state index contributed by atoms with van der Waals surface area (Å²) in [5.41, 5.74) is 0.581. The number of halogens is 2. The molecule has 3 rings (SSSR count). The minimum atomic E-state index is -0.538.